The number of hydrogen-bond donors (Lipinski definition) is 2. The van der Waals surface area contributed by atoms with Crippen LogP contribution in [0, 0.1) is 0 Å². The zero-order valence-electron chi connectivity index (χ0n) is 8.46. The van der Waals surface area contributed by atoms with Gasteiger partial charge in [0, 0.05) is 12.3 Å². The summed E-state index contributed by atoms with van der Waals surface area (Å²) in [6.45, 7) is 0.449. The van der Waals surface area contributed by atoms with Gasteiger partial charge in [-0.3, -0.25) is 14.5 Å². The summed E-state index contributed by atoms with van der Waals surface area (Å²) in [7, 11) is 0. The van der Waals surface area contributed by atoms with Gasteiger partial charge in [-0.2, -0.15) is 11.4 Å². The Labute approximate surface area is 103 Å². The first-order valence-corrected chi connectivity index (χ1v) is 6.50. The average Bonchev–Trinajstić information content (AvgIpc) is 2.55. The van der Waals surface area contributed by atoms with Gasteiger partial charge in [0.05, 0.1) is 11.1 Å². The van der Waals surface area contributed by atoms with E-state index in [1.807, 2.05) is 0 Å². The van der Waals surface area contributed by atoms with Crippen molar-refractivity contribution in [3.05, 3.63) is 35.4 Å². The normalized spacial score (nSPS) is 15.4. The molecule has 0 fully saturated rings. The fourth-order valence-electron chi connectivity index (χ4n) is 1.66. The second-order valence-electron chi connectivity index (χ2n) is 3.33. The van der Waals surface area contributed by atoms with Crippen LogP contribution in [0.5, 0.6) is 0 Å². The zero-order chi connectivity index (χ0) is 11.5. The highest BCUT2D eigenvalue weighted by molar-refractivity contribution is 8.15. The smallest absolute Gasteiger partial charge is 0.261 e. The highest BCUT2D eigenvalue weighted by Gasteiger charge is 2.34. The number of benzene rings is 1. The van der Waals surface area contributed by atoms with Gasteiger partial charge in [-0.05, 0) is 16.8 Å². The molecule has 2 rings (SSSR count). The van der Waals surface area contributed by atoms with Crippen LogP contribution in [0.4, 0.5) is 0 Å². The Kier molecular flexibility index (Phi) is 3.46. The number of thiol groups is 2. The lowest BCUT2D eigenvalue weighted by atomic mass is 10.1. The third-order valence-corrected chi connectivity index (χ3v) is 3.52. The van der Waals surface area contributed by atoms with Crippen molar-refractivity contribution in [1.29, 1.82) is 0 Å². The third-order valence-electron chi connectivity index (χ3n) is 2.41. The Balaban J connectivity index is 2.21. The van der Waals surface area contributed by atoms with Crippen LogP contribution in [-0.2, 0) is 0 Å². The molecule has 0 unspecified atom stereocenters. The molecular weight excluding hydrogens is 242 g/mol. The van der Waals surface area contributed by atoms with Gasteiger partial charge in [0.25, 0.3) is 11.8 Å². The van der Waals surface area contributed by atoms with Crippen molar-refractivity contribution in [2.75, 3.05) is 12.3 Å². The minimum atomic E-state index is -0.185. The maximum absolute atomic E-state index is 11.9. The predicted octanol–water partition coefficient (Wildman–Crippen LogP) is 1.44. The lowest BCUT2D eigenvalue weighted by Gasteiger charge is -2.11. The van der Waals surface area contributed by atoms with Crippen LogP contribution in [0.25, 0.3) is 0 Å². The molecule has 0 spiro atoms. The molecule has 0 saturated carbocycles. The van der Waals surface area contributed by atoms with E-state index < -0.39 is 0 Å². The van der Waals surface area contributed by atoms with E-state index in [2.05, 4.69) is 12.6 Å². The molecule has 0 radical (unpaired) electrons. The lowest BCUT2D eigenvalue weighted by Crippen LogP contribution is -2.31. The fourth-order valence-corrected chi connectivity index (χ4v) is 2.44. The second kappa shape index (κ2) is 4.84. The summed E-state index contributed by atoms with van der Waals surface area (Å²) in [6.07, 6.45) is 0. The van der Waals surface area contributed by atoms with Crippen LogP contribution >= 0.6 is 24.0 Å². The van der Waals surface area contributed by atoms with Crippen molar-refractivity contribution >= 4 is 40.5 Å². The third kappa shape index (κ3) is 1.92. The molecule has 1 aromatic carbocycles. The van der Waals surface area contributed by atoms with E-state index in [4.69, 9.17) is 0 Å². The van der Waals surface area contributed by atoms with E-state index >= 15 is 0 Å². The Hall–Kier alpha value is -1.07. The Morgan fingerprint density at radius 3 is 2.25 bits per heavy atom. The topological polar surface area (TPSA) is 37.4 Å². The van der Waals surface area contributed by atoms with E-state index in [0.29, 0.717) is 17.7 Å². The van der Waals surface area contributed by atoms with Crippen LogP contribution in [0.15, 0.2) is 24.3 Å². The standard InChI is InChI=1S/C11H11NO2S2/c13-10-8-3-1-2-4-9(8)11(14)12(10)5-6-16-7-15/h1-4,7,15-16H,5-6H2. The van der Waals surface area contributed by atoms with Gasteiger partial charge in [0.15, 0.2) is 0 Å². The van der Waals surface area contributed by atoms with Crippen LogP contribution in [0.1, 0.15) is 20.7 Å². The molecule has 16 heavy (non-hydrogen) atoms. The first-order valence-electron chi connectivity index (χ1n) is 4.83. The molecular formula is C11H11NO2S2. The maximum atomic E-state index is 11.9. The second-order valence-corrected chi connectivity index (χ2v) is 5.07. The summed E-state index contributed by atoms with van der Waals surface area (Å²) in [5, 5.41) is 0. The largest absolute Gasteiger partial charge is 0.274 e. The van der Waals surface area contributed by atoms with Crippen molar-refractivity contribution in [2.24, 2.45) is 0 Å². The van der Waals surface area contributed by atoms with Gasteiger partial charge < -0.3 is 0 Å². The molecule has 0 atom stereocenters. The van der Waals surface area contributed by atoms with E-state index in [9.17, 15) is 9.59 Å². The highest BCUT2D eigenvalue weighted by Crippen LogP contribution is 2.22. The van der Waals surface area contributed by atoms with Crippen LogP contribution < -0.4 is 0 Å². The number of carbonyl (C=O) groups excluding carboxylic acids is 2. The molecule has 1 aliphatic rings. The molecule has 5 heteroatoms. The number of amides is 2. The molecule has 1 aromatic rings. The highest BCUT2D eigenvalue weighted by atomic mass is 32.2. The molecule has 84 valence electrons. The quantitative estimate of drug-likeness (QED) is 0.486. The molecule has 0 saturated heterocycles. The molecule has 0 bridgehead atoms. The van der Waals surface area contributed by atoms with Crippen molar-refractivity contribution in [2.45, 2.75) is 0 Å². The molecule has 2 amide bonds. The van der Waals surface area contributed by atoms with E-state index in [-0.39, 0.29) is 11.8 Å². The number of rotatable bonds is 3. The monoisotopic (exact) mass is 253 g/mol. The molecule has 0 N–H and O–H groups in total. The first kappa shape index (κ1) is 11.4. The van der Waals surface area contributed by atoms with Gasteiger partial charge >= 0.3 is 0 Å². The predicted molar refractivity (Wildman–Crippen MR) is 70.7 cm³/mol. The zero-order valence-corrected chi connectivity index (χ0v) is 10.2. The molecule has 0 aliphatic carbocycles. The van der Waals surface area contributed by atoms with Crippen molar-refractivity contribution in [1.82, 2.24) is 4.90 Å². The van der Waals surface area contributed by atoms with E-state index in [0.717, 1.165) is 17.1 Å². The van der Waals surface area contributed by atoms with Crippen molar-refractivity contribution in [3.63, 3.8) is 0 Å². The van der Waals surface area contributed by atoms with Crippen molar-refractivity contribution < 1.29 is 9.59 Å². The molecule has 0 aromatic heterocycles. The summed E-state index contributed by atoms with van der Waals surface area (Å²) in [5.41, 5.74) is 1.03. The SMILES string of the molecule is O=C1c2ccccc2C(=O)N1CC[SH]=CS. The number of nitrogens with zero attached hydrogens (tertiary/aromatic N) is 1. The number of hydrogen-bond acceptors (Lipinski definition) is 2. The summed E-state index contributed by atoms with van der Waals surface area (Å²) >= 11 is 4.98. The van der Waals surface area contributed by atoms with Gasteiger partial charge in [0.1, 0.15) is 0 Å². The maximum Gasteiger partial charge on any atom is 0.261 e. The summed E-state index contributed by atoms with van der Waals surface area (Å²) in [5.74, 6) is 0.361. The minimum Gasteiger partial charge on any atom is -0.274 e. The number of carbonyl (C=O) groups is 2. The Morgan fingerprint density at radius 2 is 1.75 bits per heavy atom. The van der Waals surface area contributed by atoms with Gasteiger partial charge in [0.2, 0.25) is 0 Å². The summed E-state index contributed by atoms with van der Waals surface area (Å²) < 4.78 is 1.71. The van der Waals surface area contributed by atoms with Gasteiger partial charge in [-0.25, -0.2) is 0 Å². The average molecular weight is 253 g/mol. The number of imide groups is 1. The summed E-state index contributed by atoms with van der Waals surface area (Å²) in [4.78, 5) is 25.0. The van der Waals surface area contributed by atoms with Gasteiger partial charge in [-0.15, -0.1) is 12.6 Å². The molecule has 1 heterocycles. The number of fused-ring (bicyclic) bond motifs is 1. The van der Waals surface area contributed by atoms with Crippen LogP contribution in [0.3, 0.4) is 0 Å². The molecule has 1 aliphatic heterocycles. The fraction of sp³-hybridized carbons (Fsp3) is 0.182. The Bertz CT molecular complexity index is 436. The summed E-state index contributed by atoms with van der Waals surface area (Å²) in [6, 6.07) is 6.93. The first-order chi connectivity index (χ1) is 7.75. The van der Waals surface area contributed by atoms with Crippen LogP contribution in [-0.4, -0.2) is 33.7 Å². The van der Waals surface area contributed by atoms with E-state index in [1.54, 1.807) is 29.0 Å². The van der Waals surface area contributed by atoms with Crippen LogP contribution in [0.2, 0.25) is 0 Å². The Morgan fingerprint density at radius 1 is 1.19 bits per heavy atom. The van der Waals surface area contributed by atoms with E-state index in [1.165, 1.54) is 4.90 Å². The van der Waals surface area contributed by atoms with Gasteiger partial charge in [-0.1, -0.05) is 12.1 Å². The molecule has 3 nitrogen and oxygen atoms in total. The van der Waals surface area contributed by atoms with Crippen molar-refractivity contribution in [3.8, 4) is 0 Å². The minimum absolute atomic E-state index is 0.185. The lowest BCUT2D eigenvalue weighted by molar-refractivity contribution is 0.0664.